The number of morpholine rings is 1. The van der Waals surface area contributed by atoms with Crippen molar-refractivity contribution in [3.8, 4) is 11.3 Å². The van der Waals surface area contributed by atoms with Crippen LogP contribution in [0.4, 0.5) is 5.82 Å². The van der Waals surface area contributed by atoms with Crippen LogP contribution in [0.25, 0.3) is 11.3 Å². The Morgan fingerprint density at radius 1 is 1.14 bits per heavy atom. The SMILES string of the molecule is Clc1cc2c(nc1Br)-c1c(ncnc1NC1CCC(N3CCOCC3)CC1)C2. The summed E-state index contributed by atoms with van der Waals surface area (Å²) in [4.78, 5) is 16.3. The molecule has 2 fully saturated rings. The molecule has 1 saturated heterocycles. The number of rotatable bonds is 3. The van der Waals surface area contributed by atoms with Crippen LogP contribution in [0.1, 0.15) is 36.9 Å². The van der Waals surface area contributed by atoms with Crippen LogP contribution in [0.5, 0.6) is 0 Å². The van der Waals surface area contributed by atoms with Gasteiger partial charge in [-0.3, -0.25) is 4.90 Å². The van der Waals surface area contributed by atoms with Gasteiger partial charge in [0.25, 0.3) is 0 Å². The van der Waals surface area contributed by atoms with Gasteiger partial charge in [-0.1, -0.05) is 11.6 Å². The second-order valence-corrected chi connectivity index (χ2v) is 8.95. The minimum Gasteiger partial charge on any atom is -0.379 e. The Morgan fingerprint density at radius 3 is 2.71 bits per heavy atom. The van der Waals surface area contributed by atoms with Crippen molar-refractivity contribution < 1.29 is 4.74 Å². The maximum Gasteiger partial charge on any atom is 0.139 e. The van der Waals surface area contributed by atoms with Gasteiger partial charge in [-0.15, -0.1) is 0 Å². The summed E-state index contributed by atoms with van der Waals surface area (Å²) in [6, 6.07) is 3.11. The minimum absolute atomic E-state index is 0.441. The molecule has 2 aromatic rings. The predicted molar refractivity (Wildman–Crippen MR) is 113 cm³/mol. The van der Waals surface area contributed by atoms with E-state index in [0.29, 0.717) is 21.7 Å². The summed E-state index contributed by atoms with van der Waals surface area (Å²) in [6.45, 7) is 3.89. The van der Waals surface area contributed by atoms with Gasteiger partial charge < -0.3 is 10.1 Å². The molecule has 3 aliphatic rings. The van der Waals surface area contributed by atoms with Gasteiger partial charge in [0, 0.05) is 31.6 Å². The molecule has 0 bridgehead atoms. The lowest BCUT2D eigenvalue weighted by Crippen LogP contribution is -2.46. The molecule has 0 unspecified atom stereocenters. The van der Waals surface area contributed by atoms with Gasteiger partial charge in [0.1, 0.15) is 16.7 Å². The van der Waals surface area contributed by atoms with Gasteiger partial charge in [0.15, 0.2) is 0 Å². The predicted octanol–water partition coefficient (Wildman–Crippen LogP) is 3.91. The Hall–Kier alpha value is -1.28. The van der Waals surface area contributed by atoms with Crippen LogP contribution in [0, 0.1) is 0 Å². The molecule has 0 aromatic carbocycles. The van der Waals surface area contributed by atoms with Crippen LogP contribution in [0.3, 0.4) is 0 Å². The fourth-order valence-electron chi connectivity index (χ4n) is 4.67. The maximum atomic E-state index is 6.24. The molecular weight excluding hydrogens is 442 g/mol. The van der Waals surface area contributed by atoms with E-state index in [9.17, 15) is 0 Å². The quantitative estimate of drug-likeness (QED) is 0.593. The van der Waals surface area contributed by atoms with E-state index in [2.05, 4.69) is 41.1 Å². The zero-order chi connectivity index (χ0) is 19.1. The van der Waals surface area contributed by atoms with E-state index in [1.807, 2.05) is 6.07 Å². The van der Waals surface area contributed by atoms with E-state index >= 15 is 0 Å². The molecule has 2 aromatic heterocycles. The molecule has 148 valence electrons. The lowest BCUT2D eigenvalue weighted by molar-refractivity contribution is 0.00791. The molecule has 2 aliphatic carbocycles. The monoisotopic (exact) mass is 463 g/mol. The third kappa shape index (κ3) is 3.54. The average Bonchev–Trinajstić information content (AvgIpc) is 3.08. The van der Waals surface area contributed by atoms with Crippen molar-refractivity contribution in [2.24, 2.45) is 0 Å². The van der Waals surface area contributed by atoms with Gasteiger partial charge >= 0.3 is 0 Å². The Labute approximate surface area is 178 Å². The van der Waals surface area contributed by atoms with Crippen LogP contribution < -0.4 is 5.32 Å². The van der Waals surface area contributed by atoms with Crippen LogP contribution in [0.15, 0.2) is 17.0 Å². The fourth-order valence-corrected chi connectivity index (χ4v) is 5.14. The summed E-state index contributed by atoms with van der Waals surface area (Å²) in [5.41, 5.74) is 4.11. The van der Waals surface area contributed by atoms with Crippen LogP contribution >= 0.6 is 27.5 Å². The topological polar surface area (TPSA) is 63.2 Å². The van der Waals surface area contributed by atoms with Crippen molar-refractivity contribution in [2.75, 3.05) is 31.6 Å². The van der Waals surface area contributed by atoms with Gasteiger partial charge in [0.05, 0.1) is 35.2 Å². The largest absolute Gasteiger partial charge is 0.379 e. The Bertz CT molecular complexity index is 881. The molecule has 1 aliphatic heterocycles. The lowest BCUT2D eigenvalue weighted by Gasteiger charge is -2.39. The number of hydrogen-bond donors (Lipinski definition) is 1. The van der Waals surface area contributed by atoms with E-state index in [0.717, 1.165) is 73.9 Å². The number of fused-ring (bicyclic) bond motifs is 3. The highest BCUT2D eigenvalue weighted by atomic mass is 79.9. The molecule has 8 heteroatoms. The van der Waals surface area contributed by atoms with E-state index < -0.39 is 0 Å². The van der Waals surface area contributed by atoms with Gasteiger partial charge in [-0.2, -0.15) is 0 Å². The summed E-state index contributed by atoms with van der Waals surface area (Å²) in [5.74, 6) is 0.903. The molecule has 5 rings (SSSR count). The second-order valence-electron chi connectivity index (χ2n) is 7.79. The number of nitrogens with one attached hydrogen (secondary N) is 1. The number of nitrogens with zero attached hydrogens (tertiary/aromatic N) is 4. The highest BCUT2D eigenvalue weighted by Crippen LogP contribution is 2.41. The Kier molecular flexibility index (Phi) is 5.26. The first kappa shape index (κ1) is 18.7. The fraction of sp³-hybridized carbons (Fsp3) is 0.550. The zero-order valence-corrected chi connectivity index (χ0v) is 18.0. The van der Waals surface area contributed by atoms with Crippen LogP contribution in [-0.4, -0.2) is 58.2 Å². The summed E-state index contributed by atoms with van der Waals surface area (Å²) < 4.78 is 6.16. The number of anilines is 1. The summed E-state index contributed by atoms with van der Waals surface area (Å²) in [7, 11) is 0. The smallest absolute Gasteiger partial charge is 0.139 e. The zero-order valence-electron chi connectivity index (χ0n) is 15.6. The maximum absolute atomic E-state index is 6.24. The van der Waals surface area contributed by atoms with E-state index in [4.69, 9.17) is 16.3 Å². The van der Waals surface area contributed by atoms with Gasteiger partial charge in [-0.05, 0) is 53.2 Å². The molecule has 0 atom stereocenters. The van der Waals surface area contributed by atoms with Gasteiger partial charge in [0.2, 0.25) is 0 Å². The van der Waals surface area contributed by atoms with E-state index in [1.165, 1.54) is 12.8 Å². The highest BCUT2D eigenvalue weighted by molar-refractivity contribution is 9.10. The van der Waals surface area contributed by atoms with Crippen LogP contribution in [0.2, 0.25) is 5.02 Å². The normalized spacial score (nSPS) is 24.6. The molecule has 0 spiro atoms. The molecule has 1 N–H and O–H groups in total. The molecular formula is C20H23BrClN5O. The molecule has 0 amide bonds. The van der Waals surface area contributed by atoms with Crippen molar-refractivity contribution in [2.45, 2.75) is 44.2 Å². The lowest BCUT2D eigenvalue weighted by atomic mass is 9.90. The summed E-state index contributed by atoms with van der Waals surface area (Å²) in [6.07, 6.45) is 7.17. The van der Waals surface area contributed by atoms with Gasteiger partial charge in [-0.25, -0.2) is 15.0 Å². The molecule has 6 nitrogen and oxygen atoms in total. The Balaban J connectivity index is 1.31. The molecule has 1 saturated carbocycles. The highest BCUT2D eigenvalue weighted by Gasteiger charge is 2.30. The van der Waals surface area contributed by atoms with Crippen molar-refractivity contribution in [1.29, 1.82) is 0 Å². The summed E-state index contributed by atoms with van der Waals surface area (Å²) >= 11 is 9.69. The number of aromatic nitrogens is 3. The average molecular weight is 465 g/mol. The first-order valence-corrected chi connectivity index (χ1v) is 11.1. The van der Waals surface area contributed by atoms with Crippen molar-refractivity contribution in [1.82, 2.24) is 19.9 Å². The Morgan fingerprint density at radius 2 is 1.93 bits per heavy atom. The number of ether oxygens (including phenoxy) is 1. The van der Waals surface area contributed by atoms with E-state index in [-0.39, 0.29) is 0 Å². The second kappa shape index (κ2) is 7.86. The summed E-state index contributed by atoms with van der Waals surface area (Å²) in [5, 5.41) is 4.33. The van der Waals surface area contributed by atoms with Crippen molar-refractivity contribution in [3.63, 3.8) is 0 Å². The molecule has 3 heterocycles. The third-order valence-corrected chi connectivity index (χ3v) is 7.25. The number of halogens is 2. The molecule has 28 heavy (non-hydrogen) atoms. The van der Waals surface area contributed by atoms with E-state index in [1.54, 1.807) is 6.33 Å². The van der Waals surface area contributed by atoms with Crippen molar-refractivity contribution >= 4 is 33.3 Å². The standard InChI is InChI=1S/C20H23BrClN5O/c21-19-15(22)9-12-10-16-17(18(12)26-19)20(24-11-23-16)25-13-1-3-14(4-2-13)27-5-7-28-8-6-27/h9,11,13-14H,1-8,10H2,(H,23,24,25). The number of hydrogen-bond acceptors (Lipinski definition) is 6. The third-order valence-electron chi connectivity index (χ3n) is 6.13. The first-order valence-electron chi connectivity index (χ1n) is 9.96. The minimum atomic E-state index is 0.441. The number of pyridine rings is 1. The van der Waals surface area contributed by atoms with Crippen molar-refractivity contribution in [3.05, 3.63) is 33.3 Å². The first-order chi connectivity index (χ1) is 13.7. The van der Waals surface area contributed by atoms with Crippen LogP contribution in [-0.2, 0) is 11.2 Å². The molecule has 0 radical (unpaired) electrons.